The van der Waals surface area contributed by atoms with Gasteiger partial charge in [0.1, 0.15) is 0 Å². The first-order valence-corrected chi connectivity index (χ1v) is 5.52. The molecule has 3 heteroatoms. The SMILES string of the molecule is CCC(C)C(C)NC(=O)CCC(C)N. The predicted molar refractivity (Wildman–Crippen MR) is 59.9 cm³/mol. The third-order valence-electron chi connectivity index (χ3n) is 2.71. The Bertz CT molecular complexity index is 169. The third kappa shape index (κ3) is 5.97. The van der Waals surface area contributed by atoms with E-state index in [9.17, 15) is 4.79 Å². The monoisotopic (exact) mass is 200 g/mol. The molecule has 0 spiro atoms. The van der Waals surface area contributed by atoms with E-state index in [2.05, 4.69) is 26.1 Å². The van der Waals surface area contributed by atoms with Gasteiger partial charge in [-0.3, -0.25) is 4.79 Å². The van der Waals surface area contributed by atoms with Crippen molar-refractivity contribution in [1.82, 2.24) is 5.32 Å². The molecular formula is C11H24N2O. The molecule has 0 radical (unpaired) electrons. The number of nitrogens with two attached hydrogens (primary N) is 1. The van der Waals surface area contributed by atoms with Crippen LogP contribution in [0, 0.1) is 5.92 Å². The van der Waals surface area contributed by atoms with E-state index in [0.29, 0.717) is 12.3 Å². The van der Waals surface area contributed by atoms with Crippen LogP contribution in [0.1, 0.15) is 47.0 Å². The van der Waals surface area contributed by atoms with Gasteiger partial charge in [0.15, 0.2) is 0 Å². The van der Waals surface area contributed by atoms with Crippen LogP contribution in [0.2, 0.25) is 0 Å². The fourth-order valence-corrected chi connectivity index (χ4v) is 1.18. The van der Waals surface area contributed by atoms with E-state index in [4.69, 9.17) is 5.73 Å². The number of rotatable bonds is 6. The van der Waals surface area contributed by atoms with Crippen LogP contribution in [0.3, 0.4) is 0 Å². The zero-order chi connectivity index (χ0) is 11.1. The first-order chi connectivity index (χ1) is 6.47. The molecule has 1 amide bonds. The Kier molecular flexibility index (Phi) is 6.54. The van der Waals surface area contributed by atoms with Crippen molar-refractivity contribution in [3.63, 3.8) is 0 Å². The molecule has 0 aliphatic rings. The van der Waals surface area contributed by atoms with Crippen LogP contribution in [0.4, 0.5) is 0 Å². The van der Waals surface area contributed by atoms with Crippen LogP contribution in [-0.4, -0.2) is 18.0 Å². The van der Waals surface area contributed by atoms with Gasteiger partial charge in [-0.2, -0.15) is 0 Å². The van der Waals surface area contributed by atoms with E-state index < -0.39 is 0 Å². The predicted octanol–water partition coefficient (Wildman–Crippen LogP) is 1.66. The Balaban J connectivity index is 3.71. The van der Waals surface area contributed by atoms with Gasteiger partial charge in [0.2, 0.25) is 5.91 Å². The second-order valence-electron chi connectivity index (χ2n) is 4.26. The Morgan fingerprint density at radius 1 is 1.36 bits per heavy atom. The summed E-state index contributed by atoms with van der Waals surface area (Å²) in [6, 6.07) is 0.375. The fourth-order valence-electron chi connectivity index (χ4n) is 1.18. The average molecular weight is 200 g/mol. The van der Waals surface area contributed by atoms with Crippen LogP contribution in [0.15, 0.2) is 0 Å². The normalized spacial score (nSPS) is 17.2. The van der Waals surface area contributed by atoms with E-state index in [1.54, 1.807) is 0 Å². The van der Waals surface area contributed by atoms with Crippen molar-refractivity contribution in [2.75, 3.05) is 0 Å². The van der Waals surface area contributed by atoms with Crippen LogP contribution in [0.25, 0.3) is 0 Å². The van der Waals surface area contributed by atoms with Gasteiger partial charge in [-0.15, -0.1) is 0 Å². The molecule has 3 unspecified atom stereocenters. The highest BCUT2D eigenvalue weighted by Gasteiger charge is 2.12. The summed E-state index contributed by atoms with van der Waals surface area (Å²) in [5.74, 6) is 0.657. The molecule has 0 saturated carbocycles. The first-order valence-electron chi connectivity index (χ1n) is 5.52. The summed E-state index contributed by atoms with van der Waals surface area (Å²) >= 11 is 0. The van der Waals surface area contributed by atoms with Crippen LogP contribution >= 0.6 is 0 Å². The topological polar surface area (TPSA) is 55.1 Å². The van der Waals surface area contributed by atoms with Gasteiger partial charge in [0.05, 0.1) is 0 Å². The molecule has 0 fully saturated rings. The van der Waals surface area contributed by atoms with E-state index in [-0.39, 0.29) is 18.0 Å². The molecule has 84 valence electrons. The summed E-state index contributed by atoms with van der Waals surface area (Å²) in [5.41, 5.74) is 5.58. The van der Waals surface area contributed by atoms with Gasteiger partial charge >= 0.3 is 0 Å². The Morgan fingerprint density at radius 3 is 2.36 bits per heavy atom. The highest BCUT2D eigenvalue weighted by molar-refractivity contribution is 5.76. The lowest BCUT2D eigenvalue weighted by Gasteiger charge is -2.20. The zero-order valence-electron chi connectivity index (χ0n) is 9.84. The van der Waals surface area contributed by atoms with Gasteiger partial charge < -0.3 is 11.1 Å². The highest BCUT2D eigenvalue weighted by Crippen LogP contribution is 2.07. The molecule has 0 aliphatic carbocycles. The molecule has 0 heterocycles. The van der Waals surface area contributed by atoms with Crippen molar-refractivity contribution in [2.24, 2.45) is 11.7 Å². The lowest BCUT2D eigenvalue weighted by molar-refractivity contribution is -0.122. The fraction of sp³-hybridized carbons (Fsp3) is 0.909. The lowest BCUT2D eigenvalue weighted by Crippen LogP contribution is -2.37. The lowest BCUT2D eigenvalue weighted by atomic mass is 10.0. The quantitative estimate of drug-likeness (QED) is 0.685. The van der Waals surface area contributed by atoms with Crippen molar-refractivity contribution >= 4 is 5.91 Å². The molecule has 0 aromatic rings. The number of nitrogens with one attached hydrogen (secondary N) is 1. The average Bonchev–Trinajstić information content (AvgIpc) is 2.13. The van der Waals surface area contributed by atoms with E-state index in [0.717, 1.165) is 12.8 Å². The maximum absolute atomic E-state index is 11.4. The molecule has 3 atom stereocenters. The Hall–Kier alpha value is -0.570. The molecule has 14 heavy (non-hydrogen) atoms. The second kappa shape index (κ2) is 6.82. The van der Waals surface area contributed by atoms with Crippen LogP contribution in [0.5, 0.6) is 0 Å². The van der Waals surface area contributed by atoms with E-state index in [1.807, 2.05) is 6.92 Å². The minimum absolute atomic E-state index is 0.111. The van der Waals surface area contributed by atoms with Gasteiger partial charge in [0, 0.05) is 18.5 Å². The summed E-state index contributed by atoms with van der Waals surface area (Å²) in [5, 5.41) is 2.99. The largest absolute Gasteiger partial charge is 0.353 e. The molecule has 0 aromatic carbocycles. The molecule has 0 saturated heterocycles. The van der Waals surface area contributed by atoms with Gasteiger partial charge in [-0.1, -0.05) is 20.3 Å². The maximum Gasteiger partial charge on any atom is 0.220 e. The van der Waals surface area contributed by atoms with Gasteiger partial charge in [-0.25, -0.2) is 0 Å². The standard InChI is InChI=1S/C11H24N2O/c1-5-8(2)10(4)13-11(14)7-6-9(3)12/h8-10H,5-7,12H2,1-4H3,(H,13,14). The Labute approximate surface area is 87.4 Å². The molecule has 3 N–H and O–H groups in total. The smallest absolute Gasteiger partial charge is 0.220 e. The number of carbonyl (C=O) groups is 1. The molecule has 0 aliphatic heterocycles. The molecular weight excluding hydrogens is 176 g/mol. The first kappa shape index (κ1) is 13.4. The maximum atomic E-state index is 11.4. The van der Waals surface area contributed by atoms with Crippen molar-refractivity contribution in [2.45, 2.75) is 59.0 Å². The third-order valence-corrected chi connectivity index (χ3v) is 2.71. The number of amides is 1. The molecule has 3 nitrogen and oxygen atoms in total. The summed E-state index contributed by atoms with van der Waals surface area (Å²) in [4.78, 5) is 11.4. The highest BCUT2D eigenvalue weighted by atomic mass is 16.1. The zero-order valence-corrected chi connectivity index (χ0v) is 9.84. The molecule has 0 bridgehead atoms. The number of carbonyl (C=O) groups excluding carboxylic acids is 1. The minimum atomic E-state index is 0.111. The van der Waals surface area contributed by atoms with Crippen molar-refractivity contribution in [3.8, 4) is 0 Å². The minimum Gasteiger partial charge on any atom is -0.353 e. The van der Waals surface area contributed by atoms with Gasteiger partial charge in [-0.05, 0) is 26.2 Å². The summed E-state index contributed by atoms with van der Waals surface area (Å²) in [7, 11) is 0. The van der Waals surface area contributed by atoms with Crippen molar-refractivity contribution in [3.05, 3.63) is 0 Å². The number of hydrogen-bond acceptors (Lipinski definition) is 2. The molecule has 0 aromatic heterocycles. The van der Waals surface area contributed by atoms with E-state index >= 15 is 0 Å². The summed E-state index contributed by atoms with van der Waals surface area (Å²) in [6.45, 7) is 8.26. The second-order valence-corrected chi connectivity index (χ2v) is 4.26. The molecule has 0 rings (SSSR count). The summed E-state index contributed by atoms with van der Waals surface area (Å²) < 4.78 is 0. The Morgan fingerprint density at radius 2 is 1.93 bits per heavy atom. The van der Waals surface area contributed by atoms with Crippen LogP contribution < -0.4 is 11.1 Å². The van der Waals surface area contributed by atoms with Crippen LogP contribution in [-0.2, 0) is 4.79 Å². The summed E-state index contributed by atoms with van der Waals surface area (Å²) in [6.07, 6.45) is 2.40. The van der Waals surface area contributed by atoms with Crippen molar-refractivity contribution < 1.29 is 4.79 Å². The van der Waals surface area contributed by atoms with Crippen molar-refractivity contribution in [1.29, 1.82) is 0 Å². The van der Waals surface area contributed by atoms with Gasteiger partial charge in [0.25, 0.3) is 0 Å². The van der Waals surface area contributed by atoms with E-state index in [1.165, 1.54) is 0 Å². The number of hydrogen-bond donors (Lipinski definition) is 2.